The maximum absolute atomic E-state index is 12.2. The monoisotopic (exact) mass is 352 g/mol. The molecule has 0 aliphatic heterocycles. The Bertz CT molecular complexity index is 874. The summed E-state index contributed by atoms with van der Waals surface area (Å²) in [5.41, 5.74) is 6.52. The molecule has 5 heteroatoms. The highest BCUT2D eigenvalue weighted by atomic mass is 32.1. The molecule has 3 aromatic rings. The third kappa shape index (κ3) is 4.67. The van der Waals surface area contributed by atoms with Crippen LogP contribution in [0.2, 0.25) is 0 Å². The number of nitrogens with one attached hydrogen (secondary N) is 1. The van der Waals surface area contributed by atoms with Crippen LogP contribution >= 0.6 is 11.3 Å². The van der Waals surface area contributed by atoms with Gasteiger partial charge in [-0.1, -0.05) is 48.5 Å². The summed E-state index contributed by atoms with van der Waals surface area (Å²) < 4.78 is 0. The summed E-state index contributed by atoms with van der Waals surface area (Å²) in [6.45, 7) is 0. The number of fused-ring (bicyclic) bond motifs is 1. The number of carbonyl (C=O) groups is 2. The van der Waals surface area contributed by atoms with E-state index in [-0.39, 0.29) is 5.91 Å². The molecule has 1 atom stereocenters. The van der Waals surface area contributed by atoms with Crippen LogP contribution in [0, 0.1) is 0 Å². The lowest BCUT2D eigenvalue weighted by atomic mass is 10.0. The lowest BCUT2D eigenvalue weighted by Crippen LogP contribution is -2.45. The molecule has 0 aliphatic carbocycles. The van der Waals surface area contributed by atoms with E-state index < -0.39 is 11.9 Å². The molecule has 1 aromatic heterocycles. The average Bonchev–Trinajstić information content (AvgIpc) is 3.12. The van der Waals surface area contributed by atoms with Gasteiger partial charge in [-0.3, -0.25) is 9.59 Å². The van der Waals surface area contributed by atoms with Gasteiger partial charge in [0.05, 0.1) is 0 Å². The van der Waals surface area contributed by atoms with Gasteiger partial charge in [0.2, 0.25) is 11.8 Å². The van der Waals surface area contributed by atoms with E-state index >= 15 is 0 Å². The van der Waals surface area contributed by atoms with Crippen LogP contribution in [-0.2, 0) is 22.4 Å². The molecule has 0 bridgehead atoms. The van der Waals surface area contributed by atoms with Crippen molar-refractivity contribution < 1.29 is 9.59 Å². The predicted octanol–water partition coefficient (Wildman–Crippen LogP) is 3.05. The van der Waals surface area contributed by atoms with Gasteiger partial charge < -0.3 is 11.1 Å². The lowest BCUT2D eigenvalue weighted by molar-refractivity contribution is -0.127. The second-order valence-corrected chi connectivity index (χ2v) is 7.02. The molecule has 25 heavy (non-hydrogen) atoms. The van der Waals surface area contributed by atoms with Gasteiger partial charge in [-0.05, 0) is 34.2 Å². The minimum atomic E-state index is -0.664. The standard InChI is InChI=1S/C20H20N2O2S/c21-20(24)18(13-17-6-3-11-25-17)22-19(23)10-8-14-7-9-15-4-1-2-5-16(15)12-14/h1-7,9,11-12,18H,8,10,13H2,(H2,21,24)(H,22,23). The molecule has 0 saturated carbocycles. The summed E-state index contributed by atoms with van der Waals surface area (Å²) in [5.74, 6) is -0.666. The number of benzene rings is 2. The first-order valence-corrected chi connectivity index (χ1v) is 9.08. The fraction of sp³-hybridized carbons (Fsp3) is 0.200. The summed E-state index contributed by atoms with van der Waals surface area (Å²) in [4.78, 5) is 24.8. The van der Waals surface area contributed by atoms with E-state index in [2.05, 4.69) is 29.6 Å². The smallest absolute Gasteiger partial charge is 0.240 e. The molecule has 2 aromatic carbocycles. The Morgan fingerprint density at radius 2 is 1.84 bits per heavy atom. The maximum atomic E-state index is 12.2. The fourth-order valence-electron chi connectivity index (χ4n) is 2.77. The van der Waals surface area contributed by atoms with Crippen molar-refractivity contribution in [2.75, 3.05) is 0 Å². The Hall–Kier alpha value is -2.66. The molecule has 0 fully saturated rings. The van der Waals surface area contributed by atoms with E-state index in [0.29, 0.717) is 19.3 Å². The molecule has 128 valence electrons. The van der Waals surface area contributed by atoms with Gasteiger partial charge in [0.25, 0.3) is 0 Å². The molecule has 1 heterocycles. The normalized spacial score (nSPS) is 12.0. The number of hydrogen-bond acceptors (Lipinski definition) is 3. The van der Waals surface area contributed by atoms with Crippen LogP contribution in [-0.4, -0.2) is 17.9 Å². The van der Waals surface area contributed by atoms with Crippen molar-refractivity contribution in [2.24, 2.45) is 5.73 Å². The summed E-state index contributed by atoms with van der Waals surface area (Å²) in [6, 6.07) is 17.5. The Morgan fingerprint density at radius 3 is 2.56 bits per heavy atom. The largest absolute Gasteiger partial charge is 0.368 e. The number of nitrogens with two attached hydrogens (primary N) is 1. The van der Waals surface area contributed by atoms with Gasteiger partial charge >= 0.3 is 0 Å². The van der Waals surface area contributed by atoms with E-state index in [4.69, 9.17) is 5.73 Å². The lowest BCUT2D eigenvalue weighted by Gasteiger charge is -2.14. The number of aryl methyl sites for hydroxylation is 1. The predicted molar refractivity (Wildman–Crippen MR) is 101 cm³/mol. The molecule has 0 spiro atoms. The number of primary amides is 1. The summed E-state index contributed by atoms with van der Waals surface area (Å²) in [7, 11) is 0. The molecule has 3 rings (SSSR count). The quantitative estimate of drug-likeness (QED) is 0.686. The van der Waals surface area contributed by atoms with Gasteiger partial charge in [-0.25, -0.2) is 0 Å². The van der Waals surface area contributed by atoms with E-state index in [1.807, 2.05) is 35.7 Å². The molecule has 0 aliphatic rings. The van der Waals surface area contributed by atoms with Crippen LogP contribution in [0.1, 0.15) is 16.9 Å². The minimum Gasteiger partial charge on any atom is -0.368 e. The Morgan fingerprint density at radius 1 is 1.04 bits per heavy atom. The second-order valence-electron chi connectivity index (χ2n) is 5.99. The minimum absolute atomic E-state index is 0.159. The highest BCUT2D eigenvalue weighted by molar-refractivity contribution is 7.09. The molecular formula is C20H20N2O2S. The highest BCUT2D eigenvalue weighted by Gasteiger charge is 2.18. The van der Waals surface area contributed by atoms with Crippen molar-refractivity contribution in [3.8, 4) is 0 Å². The number of hydrogen-bond donors (Lipinski definition) is 2. The third-order valence-electron chi connectivity index (χ3n) is 4.12. The van der Waals surface area contributed by atoms with Gasteiger partial charge in [0, 0.05) is 17.7 Å². The summed E-state index contributed by atoms with van der Waals surface area (Å²) in [5, 5.41) is 7.04. The Balaban J connectivity index is 1.57. The molecule has 4 nitrogen and oxygen atoms in total. The molecule has 0 radical (unpaired) electrons. The van der Waals surface area contributed by atoms with Crippen molar-refractivity contribution in [1.29, 1.82) is 0 Å². The van der Waals surface area contributed by atoms with Crippen molar-refractivity contribution >= 4 is 33.9 Å². The first-order chi connectivity index (χ1) is 12.1. The summed E-state index contributed by atoms with van der Waals surface area (Å²) in [6.07, 6.45) is 1.39. The van der Waals surface area contributed by atoms with E-state index in [1.165, 1.54) is 5.39 Å². The van der Waals surface area contributed by atoms with Crippen molar-refractivity contribution in [3.63, 3.8) is 0 Å². The Labute approximate surface area is 150 Å². The molecule has 3 N–H and O–H groups in total. The maximum Gasteiger partial charge on any atom is 0.240 e. The van der Waals surface area contributed by atoms with Crippen LogP contribution in [0.15, 0.2) is 60.0 Å². The number of rotatable bonds is 7. The third-order valence-corrected chi connectivity index (χ3v) is 5.02. The fourth-order valence-corrected chi connectivity index (χ4v) is 3.52. The second kappa shape index (κ2) is 7.94. The number of thiophene rings is 1. The molecule has 2 amide bonds. The first-order valence-electron chi connectivity index (χ1n) is 8.20. The summed E-state index contributed by atoms with van der Waals surface area (Å²) >= 11 is 1.55. The molecule has 0 saturated heterocycles. The molecule has 1 unspecified atom stereocenters. The average molecular weight is 352 g/mol. The zero-order chi connectivity index (χ0) is 17.6. The van der Waals surface area contributed by atoms with E-state index in [0.717, 1.165) is 15.8 Å². The van der Waals surface area contributed by atoms with Crippen molar-refractivity contribution in [3.05, 3.63) is 70.4 Å². The van der Waals surface area contributed by atoms with Crippen LogP contribution in [0.3, 0.4) is 0 Å². The van der Waals surface area contributed by atoms with E-state index in [9.17, 15) is 9.59 Å². The SMILES string of the molecule is NC(=O)C(Cc1cccs1)NC(=O)CCc1ccc2ccccc2c1. The topological polar surface area (TPSA) is 72.2 Å². The van der Waals surface area contributed by atoms with Gasteiger partial charge in [-0.2, -0.15) is 0 Å². The van der Waals surface area contributed by atoms with Gasteiger partial charge in [0.1, 0.15) is 6.04 Å². The Kier molecular flexibility index (Phi) is 5.46. The van der Waals surface area contributed by atoms with Gasteiger partial charge in [-0.15, -0.1) is 11.3 Å². The number of carbonyl (C=O) groups excluding carboxylic acids is 2. The van der Waals surface area contributed by atoms with Gasteiger partial charge in [0.15, 0.2) is 0 Å². The zero-order valence-corrected chi connectivity index (χ0v) is 14.6. The molecular weight excluding hydrogens is 332 g/mol. The van der Waals surface area contributed by atoms with Crippen molar-refractivity contribution in [1.82, 2.24) is 5.32 Å². The van der Waals surface area contributed by atoms with Crippen LogP contribution in [0.5, 0.6) is 0 Å². The van der Waals surface area contributed by atoms with E-state index in [1.54, 1.807) is 11.3 Å². The zero-order valence-electron chi connectivity index (χ0n) is 13.8. The first kappa shape index (κ1) is 17.2. The highest BCUT2D eigenvalue weighted by Crippen LogP contribution is 2.17. The van der Waals surface area contributed by atoms with Crippen LogP contribution < -0.4 is 11.1 Å². The van der Waals surface area contributed by atoms with Crippen molar-refractivity contribution in [2.45, 2.75) is 25.3 Å². The van der Waals surface area contributed by atoms with Crippen LogP contribution in [0.25, 0.3) is 10.8 Å². The van der Waals surface area contributed by atoms with Crippen LogP contribution in [0.4, 0.5) is 0 Å². The number of amides is 2.